The normalized spacial score (nSPS) is 15.4. The predicted molar refractivity (Wildman–Crippen MR) is 146 cm³/mol. The van der Waals surface area contributed by atoms with Gasteiger partial charge in [0, 0.05) is 18.9 Å². The van der Waals surface area contributed by atoms with Gasteiger partial charge in [0.2, 0.25) is 0 Å². The molecule has 3 aromatic rings. The number of methoxy groups -OCH3 is 1. The summed E-state index contributed by atoms with van der Waals surface area (Å²) in [5, 5.41) is 10.9. The summed E-state index contributed by atoms with van der Waals surface area (Å²) in [4.78, 5) is 32.3. The average molecular weight is 513 g/mol. The highest BCUT2D eigenvalue weighted by atomic mass is 16.5. The van der Waals surface area contributed by atoms with Crippen molar-refractivity contribution >= 4 is 17.8 Å². The van der Waals surface area contributed by atoms with E-state index in [9.17, 15) is 14.7 Å². The van der Waals surface area contributed by atoms with Crippen LogP contribution >= 0.6 is 0 Å². The van der Waals surface area contributed by atoms with Crippen molar-refractivity contribution in [3.63, 3.8) is 0 Å². The zero-order chi connectivity index (χ0) is 26.9. The summed E-state index contributed by atoms with van der Waals surface area (Å²) >= 11 is 0. The van der Waals surface area contributed by atoms with Crippen LogP contribution in [-0.2, 0) is 16.1 Å². The van der Waals surface area contributed by atoms with E-state index < -0.39 is 23.5 Å². The van der Waals surface area contributed by atoms with Crippen LogP contribution < -0.4 is 9.47 Å². The number of unbranched alkanes of at least 4 members (excludes halogenated alkanes) is 2. The zero-order valence-electron chi connectivity index (χ0n) is 21.7. The Labute approximate surface area is 223 Å². The van der Waals surface area contributed by atoms with Crippen LogP contribution in [-0.4, -0.2) is 40.4 Å². The Bertz CT molecular complexity index is 1320. The molecule has 196 valence electrons. The fraction of sp³-hybridized carbons (Fsp3) is 0.258. The minimum absolute atomic E-state index is 0.0183. The van der Waals surface area contributed by atoms with Crippen LogP contribution in [0.2, 0.25) is 0 Å². The second-order valence-electron chi connectivity index (χ2n) is 9.03. The molecular formula is C31H32N2O5. The Hall–Kier alpha value is -4.39. The number of ketones is 1. The standard InChI is InChI=1S/C31H32N2O5/c1-3-4-8-18-38-26-16-14-24(19-27(26)37-2)29-28(25(34)15-13-22-10-6-5-7-11-22)30(35)31(36)33(29)21-23-12-9-17-32-20-23/h5-7,9-17,19-20,29,35H,3-4,8,18,21H2,1-2H3. The van der Waals surface area contributed by atoms with Gasteiger partial charge in [-0.1, -0.05) is 68.3 Å². The number of rotatable bonds is 12. The Kier molecular flexibility index (Phi) is 8.93. The van der Waals surface area contributed by atoms with Crippen LogP contribution in [0.4, 0.5) is 0 Å². The largest absolute Gasteiger partial charge is 0.503 e. The molecule has 1 unspecified atom stereocenters. The summed E-state index contributed by atoms with van der Waals surface area (Å²) in [7, 11) is 1.55. The number of aliphatic hydroxyl groups is 1. The molecule has 1 aliphatic rings. The molecule has 0 radical (unpaired) electrons. The first-order valence-electron chi connectivity index (χ1n) is 12.7. The lowest BCUT2D eigenvalue weighted by atomic mass is 9.95. The molecule has 0 spiro atoms. The van der Waals surface area contributed by atoms with E-state index in [1.807, 2.05) is 36.4 Å². The number of carbonyl (C=O) groups is 2. The zero-order valence-corrected chi connectivity index (χ0v) is 21.7. The number of aliphatic hydroxyl groups excluding tert-OH is 1. The van der Waals surface area contributed by atoms with E-state index in [4.69, 9.17) is 9.47 Å². The molecule has 0 fully saturated rings. The number of aromatic nitrogens is 1. The average Bonchev–Trinajstić information content (AvgIpc) is 3.20. The third-order valence-electron chi connectivity index (χ3n) is 6.38. The molecule has 0 bridgehead atoms. The first kappa shape index (κ1) is 26.7. The van der Waals surface area contributed by atoms with E-state index >= 15 is 0 Å². The van der Waals surface area contributed by atoms with Gasteiger partial charge in [0.15, 0.2) is 23.0 Å². The Morgan fingerprint density at radius 3 is 2.61 bits per heavy atom. The van der Waals surface area contributed by atoms with E-state index in [0.717, 1.165) is 30.4 Å². The smallest absolute Gasteiger partial charge is 0.290 e. The Balaban J connectivity index is 1.70. The van der Waals surface area contributed by atoms with Gasteiger partial charge in [-0.25, -0.2) is 0 Å². The second-order valence-corrected chi connectivity index (χ2v) is 9.03. The van der Waals surface area contributed by atoms with Gasteiger partial charge in [-0.15, -0.1) is 0 Å². The van der Waals surface area contributed by atoms with E-state index in [1.165, 1.54) is 11.0 Å². The quantitative estimate of drug-likeness (QED) is 0.242. The van der Waals surface area contributed by atoms with Gasteiger partial charge < -0.3 is 19.5 Å². The van der Waals surface area contributed by atoms with Gasteiger partial charge in [0.05, 0.1) is 25.3 Å². The maximum Gasteiger partial charge on any atom is 0.290 e. The lowest BCUT2D eigenvalue weighted by Gasteiger charge is -2.27. The molecule has 38 heavy (non-hydrogen) atoms. The number of amides is 1. The molecule has 0 aliphatic carbocycles. The number of ether oxygens (including phenoxy) is 2. The highest BCUT2D eigenvalue weighted by molar-refractivity contribution is 6.14. The van der Waals surface area contributed by atoms with Crippen LogP contribution in [0.25, 0.3) is 6.08 Å². The minimum Gasteiger partial charge on any atom is -0.503 e. The van der Waals surface area contributed by atoms with Crippen molar-refractivity contribution in [3.8, 4) is 11.5 Å². The topological polar surface area (TPSA) is 89.0 Å². The molecule has 1 aliphatic heterocycles. The van der Waals surface area contributed by atoms with E-state index in [-0.39, 0.29) is 12.1 Å². The van der Waals surface area contributed by atoms with Gasteiger partial charge in [0.25, 0.3) is 5.91 Å². The third kappa shape index (κ3) is 6.11. The van der Waals surface area contributed by atoms with Crippen LogP contribution in [0.3, 0.4) is 0 Å². The molecular weight excluding hydrogens is 480 g/mol. The van der Waals surface area contributed by atoms with Gasteiger partial charge in [0.1, 0.15) is 0 Å². The van der Waals surface area contributed by atoms with Crippen molar-refractivity contribution in [2.75, 3.05) is 13.7 Å². The predicted octanol–water partition coefficient (Wildman–Crippen LogP) is 5.84. The van der Waals surface area contributed by atoms with Crippen LogP contribution in [0.5, 0.6) is 11.5 Å². The molecule has 4 rings (SSSR count). The molecule has 1 N–H and O–H groups in total. The van der Waals surface area contributed by atoms with Gasteiger partial charge in [-0.05, 0) is 47.4 Å². The molecule has 0 saturated carbocycles. The summed E-state index contributed by atoms with van der Waals surface area (Å²) in [5.74, 6) is -0.543. The van der Waals surface area contributed by atoms with E-state index in [0.29, 0.717) is 23.7 Å². The number of pyridine rings is 1. The SMILES string of the molecule is CCCCCOc1ccc(C2C(C(=O)C=Cc3ccccc3)=C(O)C(=O)N2Cc2cccnc2)cc1OC. The number of hydrogen-bond donors (Lipinski definition) is 1. The van der Waals surface area contributed by atoms with E-state index in [2.05, 4.69) is 11.9 Å². The summed E-state index contributed by atoms with van der Waals surface area (Å²) < 4.78 is 11.5. The van der Waals surface area contributed by atoms with Crippen molar-refractivity contribution in [1.82, 2.24) is 9.88 Å². The monoisotopic (exact) mass is 512 g/mol. The summed E-state index contributed by atoms with van der Waals surface area (Å²) in [6.07, 6.45) is 9.45. The number of hydrogen-bond acceptors (Lipinski definition) is 6. The molecule has 7 heteroatoms. The van der Waals surface area contributed by atoms with Gasteiger partial charge in [-0.3, -0.25) is 14.6 Å². The number of allylic oxidation sites excluding steroid dienone is 1. The van der Waals surface area contributed by atoms with Crippen LogP contribution in [0.1, 0.15) is 48.9 Å². The fourth-order valence-corrected chi connectivity index (χ4v) is 4.44. The van der Waals surface area contributed by atoms with E-state index in [1.54, 1.807) is 49.8 Å². The highest BCUT2D eigenvalue weighted by Crippen LogP contribution is 2.41. The first-order valence-corrected chi connectivity index (χ1v) is 12.7. The van der Waals surface area contributed by atoms with Crippen molar-refractivity contribution in [1.29, 1.82) is 0 Å². The minimum atomic E-state index is -0.821. The fourth-order valence-electron chi connectivity index (χ4n) is 4.44. The van der Waals surface area contributed by atoms with Crippen molar-refractivity contribution in [2.24, 2.45) is 0 Å². The molecule has 0 saturated heterocycles. The highest BCUT2D eigenvalue weighted by Gasteiger charge is 2.43. The first-order chi connectivity index (χ1) is 18.5. The van der Waals surface area contributed by atoms with Crippen molar-refractivity contribution < 1.29 is 24.2 Å². The van der Waals surface area contributed by atoms with Gasteiger partial charge >= 0.3 is 0 Å². The van der Waals surface area contributed by atoms with Crippen LogP contribution in [0.15, 0.2) is 90.5 Å². The van der Waals surface area contributed by atoms with Crippen LogP contribution in [0, 0.1) is 0 Å². The molecule has 1 amide bonds. The number of carbonyl (C=O) groups excluding carboxylic acids is 2. The third-order valence-corrected chi connectivity index (χ3v) is 6.38. The molecule has 2 aromatic carbocycles. The Morgan fingerprint density at radius 1 is 1.08 bits per heavy atom. The van der Waals surface area contributed by atoms with Gasteiger partial charge in [-0.2, -0.15) is 0 Å². The maximum atomic E-state index is 13.4. The lowest BCUT2D eigenvalue weighted by Crippen LogP contribution is -2.30. The summed E-state index contributed by atoms with van der Waals surface area (Å²) in [5.41, 5.74) is 2.25. The summed E-state index contributed by atoms with van der Waals surface area (Å²) in [6, 6.07) is 17.5. The molecule has 2 heterocycles. The maximum absolute atomic E-state index is 13.4. The summed E-state index contributed by atoms with van der Waals surface area (Å²) in [6.45, 7) is 2.86. The van der Waals surface area contributed by atoms with Crippen molar-refractivity contribution in [2.45, 2.75) is 38.8 Å². The number of nitrogens with zero attached hydrogens (tertiary/aromatic N) is 2. The van der Waals surface area contributed by atoms with Crippen molar-refractivity contribution in [3.05, 3.63) is 107 Å². The lowest BCUT2D eigenvalue weighted by molar-refractivity contribution is -0.130. The number of benzene rings is 2. The Morgan fingerprint density at radius 2 is 1.89 bits per heavy atom. The molecule has 1 atom stereocenters. The molecule has 1 aromatic heterocycles. The molecule has 7 nitrogen and oxygen atoms in total. The second kappa shape index (κ2) is 12.7.